The van der Waals surface area contributed by atoms with Crippen molar-refractivity contribution in [2.24, 2.45) is 17.6 Å². The molecule has 1 aromatic carbocycles. The van der Waals surface area contributed by atoms with E-state index >= 15 is 0 Å². The standard InChI is InChI=1S/C16H27N3O2.C6H6O3S/c1-12-4-6-15(7-5-12)19-10-14(18-11-19)9-13(16(20)21)3-2-8-17;7-10(8,9)6-4-2-1-3-5-6/h10-13,15H,2-9,17H2,1H3,(H,20,21);1-5H,(H,7,8,9). The number of carboxylic acid groups (broad SMARTS) is 1. The highest BCUT2D eigenvalue weighted by molar-refractivity contribution is 7.85. The van der Waals surface area contributed by atoms with E-state index in [0.717, 1.165) is 18.0 Å². The highest BCUT2D eigenvalue weighted by atomic mass is 32.2. The Bertz CT molecular complexity index is 906. The topological polar surface area (TPSA) is 136 Å². The molecule has 0 radical (unpaired) electrons. The first kappa shape index (κ1) is 25.0. The van der Waals surface area contributed by atoms with Gasteiger partial charge in [0, 0.05) is 18.7 Å². The second-order valence-corrected chi connectivity index (χ2v) is 9.61. The maximum absolute atomic E-state index is 11.3. The second kappa shape index (κ2) is 12.0. The summed E-state index contributed by atoms with van der Waals surface area (Å²) in [7, 11) is -4.00. The molecule has 3 rings (SSSR count). The first-order valence-corrected chi connectivity index (χ1v) is 12.1. The molecule has 1 atom stereocenters. The Hall–Kier alpha value is -2.23. The minimum atomic E-state index is -4.00. The summed E-state index contributed by atoms with van der Waals surface area (Å²) in [6.45, 7) is 2.85. The quantitative estimate of drug-likeness (QED) is 0.522. The van der Waals surface area contributed by atoms with E-state index in [2.05, 4.69) is 16.5 Å². The van der Waals surface area contributed by atoms with E-state index in [1.54, 1.807) is 18.2 Å². The Labute approximate surface area is 184 Å². The average Bonchev–Trinajstić information content (AvgIpc) is 3.20. The van der Waals surface area contributed by atoms with E-state index in [0.29, 0.717) is 25.4 Å². The van der Waals surface area contributed by atoms with Gasteiger partial charge in [-0.2, -0.15) is 8.42 Å². The number of rotatable bonds is 8. The summed E-state index contributed by atoms with van der Waals surface area (Å²) in [6, 6.07) is 7.96. The molecule has 2 aromatic rings. The van der Waals surface area contributed by atoms with Crippen molar-refractivity contribution in [3.8, 4) is 0 Å². The fraction of sp³-hybridized carbons (Fsp3) is 0.545. The number of imidazole rings is 1. The van der Waals surface area contributed by atoms with Gasteiger partial charge in [0.05, 0.1) is 22.8 Å². The Morgan fingerprint density at radius 1 is 1.23 bits per heavy atom. The summed E-state index contributed by atoms with van der Waals surface area (Å²) in [5.41, 5.74) is 6.36. The van der Waals surface area contributed by atoms with Crippen LogP contribution in [0.25, 0.3) is 0 Å². The molecule has 0 aliphatic heterocycles. The van der Waals surface area contributed by atoms with Gasteiger partial charge in [-0.15, -0.1) is 0 Å². The lowest BCUT2D eigenvalue weighted by atomic mass is 9.87. The van der Waals surface area contributed by atoms with Crippen molar-refractivity contribution < 1.29 is 22.9 Å². The summed E-state index contributed by atoms with van der Waals surface area (Å²) >= 11 is 0. The largest absolute Gasteiger partial charge is 0.481 e. The average molecular weight is 452 g/mol. The van der Waals surface area contributed by atoms with Crippen LogP contribution in [0.5, 0.6) is 0 Å². The Morgan fingerprint density at radius 2 is 1.87 bits per heavy atom. The van der Waals surface area contributed by atoms with Crippen LogP contribution in [0.1, 0.15) is 57.2 Å². The first-order valence-electron chi connectivity index (χ1n) is 10.7. The van der Waals surface area contributed by atoms with Crippen LogP contribution < -0.4 is 5.73 Å². The Balaban J connectivity index is 0.000000285. The molecule has 4 N–H and O–H groups in total. The summed E-state index contributed by atoms with van der Waals surface area (Å²) in [6.07, 6.45) is 10.7. The van der Waals surface area contributed by atoms with Crippen LogP contribution in [0.2, 0.25) is 0 Å². The highest BCUT2D eigenvalue weighted by Gasteiger charge is 2.22. The summed E-state index contributed by atoms with van der Waals surface area (Å²) in [5.74, 6) is -0.287. The van der Waals surface area contributed by atoms with Crippen LogP contribution in [0.4, 0.5) is 0 Å². The lowest BCUT2D eigenvalue weighted by Crippen LogP contribution is -2.18. The molecule has 0 spiro atoms. The zero-order valence-corrected chi connectivity index (χ0v) is 18.7. The van der Waals surface area contributed by atoms with E-state index in [-0.39, 0.29) is 10.8 Å². The van der Waals surface area contributed by atoms with E-state index in [1.807, 2.05) is 12.5 Å². The van der Waals surface area contributed by atoms with Crippen LogP contribution >= 0.6 is 0 Å². The molecule has 1 aromatic heterocycles. The number of hydrogen-bond donors (Lipinski definition) is 3. The van der Waals surface area contributed by atoms with Gasteiger partial charge in [0.15, 0.2) is 0 Å². The lowest BCUT2D eigenvalue weighted by Gasteiger charge is -2.26. The predicted octanol–water partition coefficient (Wildman–Crippen LogP) is 3.55. The minimum absolute atomic E-state index is 0.0741. The normalized spacial score (nSPS) is 19.8. The molecule has 0 bridgehead atoms. The Kier molecular flexibility index (Phi) is 9.67. The maximum atomic E-state index is 11.3. The number of nitrogens with two attached hydrogens (primary N) is 1. The van der Waals surface area contributed by atoms with Crippen LogP contribution in [-0.2, 0) is 21.3 Å². The van der Waals surface area contributed by atoms with E-state index in [9.17, 15) is 18.3 Å². The van der Waals surface area contributed by atoms with Gasteiger partial charge in [-0.05, 0) is 63.1 Å². The molecule has 172 valence electrons. The van der Waals surface area contributed by atoms with Crippen molar-refractivity contribution >= 4 is 16.1 Å². The van der Waals surface area contributed by atoms with Crippen molar-refractivity contribution in [3.63, 3.8) is 0 Å². The van der Waals surface area contributed by atoms with Gasteiger partial charge in [0.25, 0.3) is 10.1 Å². The predicted molar refractivity (Wildman–Crippen MR) is 118 cm³/mol. The van der Waals surface area contributed by atoms with Gasteiger partial charge >= 0.3 is 5.97 Å². The smallest absolute Gasteiger partial charge is 0.306 e. The van der Waals surface area contributed by atoms with Crippen molar-refractivity contribution in [1.29, 1.82) is 0 Å². The fourth-order valence-corrected chi connectivity index (χ4v) is 4.25. The third kappa shape index (κ3) is 8.43. The molecule has 0 amide bonds. The molecule has 0 saturated heterocycles. The number of hydrogen-bond acceptors (Lipinski definition) is 5. The molecule has 1 aliphatic rings. The summed E-state index contributed by atoms with van der Waals surface area (Å²) in [5, 5.41) is 9.27. The van der Waals surface area contributed by atoms with Gasteiger partial charge in [0.1, 0.15) is 0 Å². The molecule has 9 heteroatoms. The number of aromatic nitrogens is 2. The van der Waals surface area contributed by atoms with Crippen LogP contribution in [0.3, 0.4) is 0 Å². The van der Waals surface area contributed by atoms with Gasteiger partial charge in [-0.3, -0.25) is 9.35 Å². The number of benzene rings is 1. The van der Waals surface area contributed by atoms with Crippen LogP contribution in [0, 0.1) is 11.8 Å². The van der Waals surface area contributed by atoms with Gasteiger partial charge in [-0.1, -0.05) is 25.1 Å². The van der Waals surface area contributed by atoms with Crippen molar-refractivity contribution in [2.45, 2.75) is 62.8 Å². The van der Waals surface area contributed by atoms with Gasteiger partial charge in [0.2, 0.25) is 0 Å². The van der Waals surface area contributed by atoms with Crippen molar-refractivity contribution in [2.75, 3.05) is 6.54 Å². The second-order valence-electron chi connectivity index (χ2n) is 8.18. The number of carboxylic acids is 1. The first-order chi connectivity index (χ1) is 14.7. The molecule has 1 unspecified atom stereocenters. The van der Waals surface area contributed by atoms with Crippen molar-refractivity contribution in [3.05, 3.63) is 48.5 Å². The van der Waals surface area contributed by atoms with E-state index in [1.165, 1.54) is 37.8 Å². The zero-order valence-electron chi connectivity index (χ0n) is 17.9. The minimum Gasteiger partial charge on any atom is -0.481 e. The Morgan fingerprint density at radius 3 is 2.39 bits per heavy atom. The molecule has 8 nitrogen and oxygen atoms in total. The molecule has 1 heterocycles. The SMILES string of the molecule is CC1CCC(n2cnc(CC(CCCN)C(=O)O)c2)CC1.O=S(=O)(O)c1ccccc1. The van der Waals surface area contributed by atoms with Crippen LogP contribution in [-0.4, -0.2) is 40.1 Å². The van der Waals surface area contributed by atoms with E-state index < -0.39 is 16.1 Å². The zero-order chi connectivity index (χ0) is 22.9. The monoisotopic (exact) mass is 451 g/mol. The van der Waals surface area contributed by atoms with Gasteiger partial charge in [-0.25, -0.2) is 4.98 Å². The molecular formula is C22H33N3O5S. The maximum Gasteiger partial charge on any atom is 0.306 e. The number of aliphatic carboxylic acids is 1. The fourth-order valence-electron chi connectivity index (χ4n) is 3.75. The lowest BCUT2D eigenvalue weighted by molar-refractivity contribution is -0.142. The third-order valence-corrected chi connectivity index (χ3v) is 6.53. The van der Waals surface area contributed by atoms with E-state index in [4.69, 9.17) is 10.3 Å². The van der Waals surface area contributed by atoms with Gasteiger partial charge < -0.3 is 15.4 Å². The summed E-state index contributed by atoms with van der Waals surface area (Å²) < 4.78 is 31.4. The van der Waals surface area contributed by atoms with Crippen molar-refractivity contribution in [1.82, 2.24) is 9.55 Å². The third-order valence-electron chi connectivity index (χ3n) is 5.66. The summed E-state index contributed by atoms with van der Waals surface area (Å²) in [4.78, 5) is 15.6. The number of nitrogens with zero attached hydrogens (tertiary/aromatic N) is 2. The molecule has 1 fully saturated rings. The molecule has 1 aliphatic carbocycles. The van der Waals surface area contributed by atoms with Crippen LogP contribution in [0.15, 0.2) is 47.8 Å². The highest BCUT2D eigenvalue weighted by Crippen LogP contribution is 2.31. The molecule has 1 saturated carbocycles. The molecule has 31 heavy (non-hydrogen) atoms. The number of carbonyl (C=O) groups is 1. The molecular weight excluding hydrogens is 418 g/mol.